The van der Waals surface area contributed by atoms with Crippen molar-refractivity contribution in [3.8, 4) is 0 Å². The third-order valence-corrected chi connectivity index (χ3v) is 2.50. The van der Waals surface area contributed by atoms with Gasteiger partial charge in [-0.2, -0.15) is 0 Å². The zero-order valence-corrected chi connectivity index (χ0v) is 7.49. The average molecular weight is 193 g/mol. The Bertz CT molecular complexity index is 394. The number of hydrogen-bond donors (Lipinski definition) is 1. The third-order valence-electron chi connectivity index (χ3n) is 1.66. The Hall–Kier alpha value is -1.62. The summed E-state index contributed by atoms with van der Waals surface area (Å²) in [6.45, 7) is 0. The SMILES string of the molecule is NC(=O)N1C=CN=Cc2sccc21. The summed E-state index contributed by atoms with van der Waals surface area (Å²) in [4.78, 5) is 17.3. The number of carbonyl (C=O) groups is 1. The van der Waals surface area contributed by atoms with E-state index >= 15 is 0 Å². The van der Waals surface area contributed by atoms with Crippen LogP contribution in [0.4, 0.5) is 10.5 Å². The molecule has 0 atom stereocenters. The molecule has 2 N–H and O–H groups in total. The first-order valence-electron chi connectivity index (χ1n) is 3.65. The molecule has 0 saturated heterocycles. The van der Waals surface area contributed by atoms with Crippen LogP contribution < -0.4 is 10.6 Å². The van der Waals surface area contributed by atoms with E-state index in [1.54, 1.807) is 12.4 Å². The van der Waals surface area contributed by atoms with Crippen LogP contribution in [0.3, 0.4) is 0 Å². The van der Waals surface area contributed by atoms with Crippen molar-refractivity contribution in [2.75, 3.05) is 4.90 Å². The highest BCUT2D eigenvalue weighted by Gasteiger charge is 2.14. The molecular formula is C8H7N3OS. The van der Waals surface area contributed by atoms with E-state index in [0.717, 1.165) is 10.6 Å². The maximum atomic E-state index is 11.0. The Morgan fingerprint density at radius 2 is 2.46 bits per heavy atom. The van der Waals surface area contributed by atoms with Crippen LogP contribution >= 0.6 is 11.3 Å². The summed E-state index contributed by atoms with van der Waals surface area (Å²) < 4.78 is 0. The van der Waals surface area contributed by atoms with Gasteiger partial charge in [-0.3, -0.25) is 9.89 Å². The first-order chi connectivity index (χ1) is 6.29. The lowest BCUT2D eigenvalue weighted by Gasteiger charge is -2.12. The molecule has 0 aliphatic carbocycles. The maximum Gasteiger partial charge on any atom is 0.323 e. The summed E-state index contributed by atoms with van der Waals surface area (Å²) in [6.07, 6.45) is 4.80. The van der Waals surface area contributed by atoms with E-state index in [1.807, 2.05) is 11.4 Å². The molecule has 2 heterocycles. The number of fused-ring (bicyclic) bond motifs is 1. The summed E-state index contributed by atoms with van der Waals surface area (Å²) in [5.41, 5.74) is 5.98. The summed E-state index contributed by atoms with van der Waals surface area (Å²) >= 11 is 1.52. The summed E-state index contributed by atoms with van der Waals surface area (Å²) in [7, 11) is 0. The number of nitrogens with zero attached hydrogens (tertiary/aromatic N) is 2. The minimum atomic E-state index is -0.499. The second-order valence-electron chi connectivity index (χ2n) is 2.45. The molecule has 0 saturated carbocycles. The van der Waals surface area contributed by atoms with E-state index in [0.29, 0.717) is 0 Å². The molecule has 1 aromatic rings. The van der Waals surface area contributed by atoms with Crippen molar-refractivity contribution in [1.82, 2.24) is 0 Å². The Morgan fingerprint density at radius 3 is 3.23 bits per heavy atom. The Kier molecular flexibility index (Phi) is 1.86. The number of thiophene rings is 1. The predicted molar refractivity (Wildman–Crippen MR) is 53.1 cm³/mol. The molecule has 2 amide bonds. The zero-order valence-electron chi connectivity index (χ0n) is 6.68. The highest BCUT2D eigenvalue weighted by Crippen LogP contribution is 2.26. The summed E-state index contributed by atoms with van der Waals surface area (Å²) in [5, 5.41) is 1.89. The van der Waals surface area contributed by atoms with Crippen molar-refractivity contribution in [2.45, 2.75) is 0 Å². The van der Waals surface area contributed by atoms with E-state index < -0.39 is 6.03 Å². The van der Waals surface area contributed by atoms with Gasteiger partial charge in [0.05, 0.1) is 10.6 Å². The van der Waals surface area contributed by atoms with Crippen molar-refractivity contribution >= 4 is 29.3 Å². The van der Waals surface area contributed by atoms with Gasteiger partial charge in [0, 0.05) is 18.6 Å². The summed E-state index contributed by atoms with van der Waals surface area (Å²) in [5.74, 6) is 0. The number of primary amides is 1. The number of amides is 2. The smallest absolute Gasteiger partial charge is 0.323 e. The molecule has 2 rings (SSSR count). The van der Waals surface area contributed by atoms with Crippen LogP contribution in [0.15, 0.2) is 28.8 Å². The fourth-order valence-corrected chi connectivity index (χ4v) is 1.85. The second kappa shape index (κ2) is 3.02. The van der Waals surface area contributed by atoms with Crippen LogP contribution in [0.25, 0.3) is 0 Å². The molecule has 13 heavy (non-hydrogen) atoms. The maximum absolute atomic E-state index is 11.0. The molecule has 66 valence electrons. The number of aliphatic imine (C=N–C) groups is 1. The molecule has 5 heteroatoms. The lowest BCUT2D eigenvalue weighted by atomic mass is 10.4. The van der Waals surface area contributed by atoms with Gasteiger partial charge in [-0.15, -0.1) is 11.3 Å². The molecule has 1 aliphatic rings. The molecule has 0 bridgehead atoms. The van der Waals surface area contributed by atoms with Crippen molar-refractivity contribution in [3.63, 3.8) is 0 Å². The van der Waals surface area contributed by atoms with Crippen molar-refractivity contribution in [3.05, 3.63) is 28.7 Å². The van der Waals surface area contributed by atoms with Gasteiger partial charge in [0.2, 0.25) is 0 Å². The van der Waals surface area contributed by atoms with Crippen molar-refractivity contribution < 1.29 is 4.79 Å². The Morgan fingerprint density at radius 1 is 1.62 bits per heavy atom. The van der Waals surface area contributed by atoms with Crippen LogP contribution in [-0.4, -0.2) is 12.2 Å². The first-order valence-corrected chi connectivity index (χ1v) is 4.53. The van der Waals surface area contributed by atoms with Gasteiger partial charge in [0.1, 0.15) is 0 Å². The van der Waals surface area contributed by atoms with Gasteiger partial charge in [-0.1, -0.05) is 0 Å². The molecule has 0 radical (unpaired) electrons. The molecule has 0 fully saturated rings. The summed E-state index contributed by atoms with van der Waals surface area (Å²) in [6, 6.07) is 1.34. The number of rotatable bonds is 0. The van der Waals surface area contributed by atoms with Gasteiger partial charge in [-0.25, -0.2) is 4.79 Å². The number of carbonyl (C=O) groups excluding carboxylic acids is 1. The Labute approximate surface area is 79.0 Å². The van der Waals surface area contributed by atoms with Gasteiger partial charge in [0.15, 0.2) is 0 Å². The average Bonchev–Trinajstić information content (AvgIpc) is 2.44. The zero-order chi connectivity index (χ0) is 9.26. The third kappa shape index (κ3) is 1.33. The quantitative estimate of drug-likeness (QED) is 0.667. The number of urea groups is 1. The van der Waals surface area contributed by atoms with E-state index in [4.69, 9.17) is 5.73 Å². The van der Waals surface area contributed by atoms with Crippen LogP contribution in [0.5, 0.6) is 0 Å². The monoisotopic (exact) mass is 193 g/mol. The van der Waals surface area contributed by atoms with E-state index in [-0.39, 0.29) is 0 Å². The Balaban J connectivity index is 2.50. The lowest BCUT2D eigenvalue weighted by molar-refractivity contribution is 0.256. The first kappa shape index (κ1) is 8.00. The number of anilines is 1. The fourth-order valence-electron chi connectivity index (χ4n) is 1.10. The fraction of sp³-hybridized carbons (Fsp3) is 0. The topological polar surface area (TPSA) is 58.7 Å². The van der Waals surface area contributed by atoms with Crippen LogP contribution in [0.2, 0.25) is 0 Å². The highest BCUT2D eigenvalue weighted by atomic mass is 32.1. The van der Waals surface area contributed by atoms with Gasteiger partial charge in [-0.05, 0) is 11.4 Å². The van der Waals surface area contributed by atoms with E-state index in [9.17, 15) is 4.79 Å². The molecular weight excluding hydrogens is 186 g/mol. The van der Waals surface area contributed by atoms with Crippen LogP contribution in [-0.2, 0) is 0 Å². The minimum Gasteiger partial charge on any atom is -0.351 e. The largest absolute Gasteiger partial charge is 0.351 e. The molecule has 0 aromatic carbocycles. The minimum absolute atomic E-state index is 0.499. The van der Waals surface area contributed by atoms with E-state index in [2.05, 4.69) is 4.99 Å². The van der Waals surface area contributed by atoms with Crippen LogP contribution in [0, 0.1) is 0 Å². The number of nitrogens with two attached hydrogens (primary N) is 1. The molecule has 4 nitrogen and oxygen atoms in total. The number of hydrogen-bond acceptors (Lipinski definition) is 3. The molecule has 1 aromatic heterocycles. The highest BCUT2D eigenvalue weighted by molar-refractivity contribution is 7.12. The molecule has 0 unspecified atom stereocenters. The van der Waals surface area contributed by atoms with Gasteiger partial charge < -0.3 is 5.73 Å². The second-order valence-corrected chi connectivity index (χ2v) is 3.40. The van der Waals surface area contributed by atoms with Crippen molar-refractivity contribution in [1.29, 1.82) is 0 Å². The molecule has 0 spiro atoms. The predicted octanol–water partition coefficient (Wildman–Crippen LogP) is 1.54. The van der Waals surface area contributed by atoms with Crippen LogP contribution in [0.1, 0.15) is 4.88 Å². The normalized spacial score (nSPS) is 14.0. The molecule has 1 aliphatic heterocycles. The van der Waals surface area contributed by atoms with E-state index in [1.165, 1.54) is 22.4 Å². The van der Waals surface area contributed by atoms with Gasteiger partial charge >= 0.3 is 6.03 Å². The lowest BCUT2D eigenvalue weighted by Crippen LogP contribution is -2.30. The van der Waals surface area contributed by atoms with Gasteiger partial charge in [0.25, 0.3) is 0 Å². The standard InChI is InChI=1S/C8H7N3OS/c9-8(12)11-3-2-10-5-7-6(11)1-4-13-7/h1-5H,(H2,9,12). The van der Waals surface area contributed by atoms with Crippen molar-refractivity contribution in [2.24, 2.45) is 10.7 Å².